The number of unbranched alkanes of at least 4 members (excludes halogenated alkanes) is 2. The topological polar surface area (TPSA) is 26.3 Å². The maximum atomic E-state index is 10.0. The Morgan fingerprint density at radius 2 is 1.93 bits per heavy atom. The molecular formula is C12H17NaO2. The van der Waals surface area contributed by atoms with E-state index < -0.39 is 0 Å². The molecule has 0 spiro atoms. The Morgan fingerprint density at radius 1 is 1.27 bits per heavy atom. The average Bonchev–Trinajstić information content (AvgIpc) is 2.21. The summed E-state index contributed by atoms with van der Waals surface area (Å²) in [6.07, 6.45) is 4.85. The second-order valence-electron chi connectivity index (χ2n) is 3.32. The van der Waals surface area contributed by atoms with E-state index in [2.05, 4.69) is 6.92 Å². The van der Waals surface area contributed by atoms with Gasteiger partial charge in [0.2, 0.25) is 0 Å². The van der Waals surface area contributed by atoms with Crippen LogP contribution in [-0.2, 0) is 11.2 Å². The van der Waals surface area contributed by atoms with Crippen LogP contribution in [0.25, 0.3) is 0 Å². The third-order valence-electron chi connectivity index (χ3n) is 2.18. The van der Waals surface area contributed by atoms with Crippen LogP contribution in [0, 0.1) is 0 Å². The van der Waals surface area contributed by atoms with Crippen molar-refractivity contribution >= 4 is 6.47 Å². The maximum absolute atomic E-state index is 10.0. The molecule has 2 nitrogen and oxygen atoms in total. The number of rotatable bonds is 6. The molecule has 0 radical (unpaired) electrons. The van der Waals surface area contributed by atoms with E-state index in [9.17, 15) is 4.79 Å². The first kappa shape index (κ1) is 14.7. The van der Waals surface area contributed by atoms with Crippen LogP contribution in [0.1, 0.15) is 33.2 Å². The molecule has 1 aromatic carbocycles. The minimum Gasteiger partial charge on any atom is -1.00 e. The summed E-state index contributed by atoms with van der Waals surface area (Å²) in [5, 5.41) is 0. The molecule has 0 aliphatic heterocycles. The summed E-state index contributed by atoms with van der Waals surface area (Å²) >= 11 is 0. The molecule has 0 unspecified atom stereocenters. The maximum Gasteiger partial charge on any atom is 1.00 e. The van der Waals surface area contributed by atoms with Crippen LogP contribution in [0.5, 0.6) is 5.75 Å². The van der Waals surface area contributed by atoms with E-state index in [0.717, 1.165) is 6.42 Å². The number of hydrogen-bond acceptors (Lipinski definition) is 2. The van der Waals surface area contributed by atoms with Crippen molar-refractivity contribution in [2.45, 2.75) is 32.6 Å². The Kier molecular flexibility index (Phi) is 8.77. The van der Waals surface area contributed by atoms with Crippen LogP contribution < -0.4 is 34.3 Å². The molecule has 1 rings (SSSR count). The van der Waals surface area contributed by atoms with Crippen LogP contribution in [0.3, 0.4) is 0 Å². The van der Waals surface area contributed by atoms with Gasteiger partial charge in [-0.15, -0.1) is 0 Å². The van der Waals surface area contributed by atoms with Crippen LogP contribution in [0.2, 0.25) is 0 Å². The number of aryl methyl sites for hydroxylation is 1. The molecule has 0 aromatic heterocycles. The largest absolute Gasteiger partial charge is 1.00 e. The fourth-order valence-corrected chi connectivity index (χ4v) is 1.37. The van der Waals surface area contributed by atoms with Crippen molar-refractivity contribution in [2.75, 3.05) is 0 Å². The van der Waals surface area contributed by atoms with Crippen molar-refractivity contribution in [3.8, 4) is 5.75 Å². The Morgan fingerprint density at radius 3 is 2.47 bits per heavy atom. The number of carbonyl (C=O) groups excluding carboxylic acids is 1. The second-order valence-corrected chi connectivity index (χ2v) is 3.32. The van der Waals surface area contributed by atoms with Gasteiger partial charge in [-0.05, 0) is 30.5 Å². The van der Waals surface area contributed by atoms with Gasteiger partial charge >= 0.3 is 29.6 Å². The van der Waals surface area contributed by atoms with Crippen molar-refractivity contribution in [1.29, 1.82) is 0 Å². The molecule has 0 saturated heterocycles. The van der Waals surface area contributed by atoms with Gasteiger partial charge in [0.25, 0.3) is 6.47 Å². The van der Waals surface area contributed by atoms with Gasteiger partial charge in [0.15, 0.2) is 0 Å². The Bertz CT molecular complexity index is 275. The van der Waals surface area contributed by atoms with Gasteiger partial charge in [0.05, 0.1) is 0 Å². The molecular weight excluding hydrogens is 199 g/mol. The van der Waals surface area contributed by atoms with Gasteiger partial charge in [-0.25, -0.2) is 0 Å². The summed E-state index contributed by atoms with van der Waals surface area (Å²) in [4.78, 5) is 10.0. The van der Waals surface area contributed by atoms with E-state index in [-0.39, 0.29) is 31.0 Å². The molecule has 3 heteroatoms. The minimum absolute atomic E-state index is 0. The zero-order valence-corrected chi connectivity index (χ0v) is 11.5. The number of carbonyl (C=O) groups is 1. The summed E-state index contributed by atoms with van der Waals surface area (Å²) in [5.74, 6) is 0.610. The van der Waals surface area contributed by atoms with Crippen molar-refractivity contribution in [3.63, 3.8) is 0 Å². The van der Waals surface area contributed by atoms with Crippen LogP contribution in [0.15, 0.2) is 24.3 Å². The van der Waals surface area contributed by atoms with E-state index in [1.54, 1.807) is 0 Å². The molecule has 15 heavy (non-hydrogen) atoms. The first-order valence-electron chi connectivity index (χ1n) is 5.06. The van der Waals surface area contributed by atoms with Crippen molar-refractivity contribution < 1.29 is 40.5 Å². The molecule has 0 N–H and O–H groups in total. The predicted molar refractivity (Wildman–Crippen MR) is 57.5 cm³/mol. The van der Waals surface area contributed by atoms with E-state index in [1.807, 2.05) is 24.3 Å². The Balaban J connectivity index is 0. The van der Waals surface area contributed by atoms with Crippen LogP contribution >= 0.6 is 0 Å². The van der Waals surface area contributed by atoms with Gasteiger partial charge < -0.3 is 6.16 Å². The molecule has 0 fully saturated rings. The zero-order chi connectivity index (χ0) is 10.2. The summed E-state index contributed by atoms with van der Waals surface area (Å²) in [6.45, 7) is 2.65. The first-order valence-corrected chi connectivity index (χ1v) is 5.06. The van der Waals surface area contributed by atoms with Crippen LogP contribution in [0.4, 0.5) is 0 Å². The van der Waals surface area contributed by atoms with Crippen molar-refractivity contribution in [2.24, 2.45) is 0 Å². The first-order chi connectivity index (χ1) is 6.86. The third-order valence-corrected chi connectivity index (χ3v) is 2.18. The predicted octanol–water partition coefficient (Wildman–Crippen LogP) is 0.0710. The molecule has 0 saturated carbocycles. The molecule has 0 bridgehead atoms. The van der Waals surface area contributed by atoms with Crippen molar-refractivity contribution in [1.82, 2.24) is 0 Å². The van der Waals surface area contributed by atoms with E-state index in [4.69, 9.17) is 4.74 Å². The van der Waals surface area contributed by atoms with E-state index in [0.29, 0.717) is 12.2 Å². The Hall–Kier alpha value is -0.310. The molecule has 0 aliphatic rings. The molecule has 0 heterocycles. The molecule has 0 aliphatic carbocycles. The molecule has 78 valence electrons. The van der Waals surface area contributed by atoms with Gasteiger partial charge in [0.1, 0.15) is 5.75 Å². The summed E-state index contributed by atoms with van der Waals surface area (Å²) in [7, 11) is 0. The number of benzene rings is 1. The van der Waals surface area contributed by atoms with E-state index in [1.165, 1.54) is 24.8 Å². The number of hydrogen-bond donors (Lipinski definition) is 0. The SMILES string of the molecule is CCCCCc1ccc(OC=O)cc1.[H-].[Na+]. The molecule has 1 aromatic rings. The van der Waals surface area contributed by atoms with Crippen molar-refractivity contribution in [3.05, 3.63) is 29.8 Å². The van der Waals surface area contributed by atoms with Gasteiger partial charge in [-0.2, -0.15) is 0 Å². The van der Waals surface area contributed by atoms with Crippen LogP contribution in [-0.4, -0.2) is 6.47 Å². The monoisotopic (exact) mass is 216 g/mol. The summed E-state index contributed by atoms with van der Waals surface area (Å²) in [5.41, 5.74) is 1.30. The van der Waals surface area contributed by atoms with Gasteiger partial charge in [-0.1, -0.05) is 31.9 Å². The standard InChI is InChI=1S/C12H16O2.Na.H/c1-2-3-4-5-11-6-8-12(9-7-11)14-10-13;;/h6-10H,2-5H2,1H3;;/q;+1;-1. The van der Waals surface area contributed by atoms with E-state index >= 15 is 0 Å². The zero-order valence-electron chi connectivity index (χ0n) is 10.5. The molecule has 0 atom stereocenters. The normalized spacial score (nSPS) is 9.13. The summed E-state index contributed by atoms with van der Waals surface area (Å²) in [6, 6.07) is 7.67. The quantitative estimate of drug-likeness (QED) is 0.382. The minimum atomic E-state index is 0. The van der Waals surface area contributed by atoms with Gasteiger partial charge in [-0.3, -0.25) is 4.79 Å². The number of ether oxygens (including phenoxy) is 1. The smallest absolute Gasteiger partial charge is 1.00 e. The Labute approximate surface area is 115 Å². The summed E-state index contributed by atoms with van der Waals surface area (Å²) < 4.78 is 4.71. The van der Waals surface area contributed by atoms with Gasteiger partial charge in [0, 0.05) is 0 Å². The third kappa shape index (κ3) is 5.98. The fourth-order valence-electron chi connectivity index (χ4n) is 1.37. The average molecular weight is 216 g/mol. The molecule has 0 amide bonds. The second kappa shape index (κ2) is 8.96. The fraction of sp³-hybridized carbons (Fsp3) is 0.417.